The maximum Gasteiger partial charge on any atom is 0.247 e. The summed E-state index contributed by atoms with van der Waals surface area (Å²) >= 11 is 0. The van der Waals surface area contributed by atoms with Gasteiger partial charge < -0.3 is 10.1 Å². The molecule has 2 aliphatic rings. The number of carbonyl (C=O) groups is 1. The number of pyridine rings is 1. The highest BCUT2D eigenvalue weighted by molar-refractivity contribution is 6.01. The Morgan fingerprint density at radius 1 is 1.17 bits per heavy atom. The van der Waals surface area contributed by atoms with Crippen molar-refractivity contribution >= 4 is 17.5 Å². The summed E-state index contributed by atoms with van der Waals surface area (Å²) in [4.78, 5) is 32.7. The summed E-state index contributed by atoms with van der Waals surface area (Å²) in [5.41, 5.74) is 3.02. The quantitative estimate of drug-likeness (QED) is 0.674. The van der Waals surface area contributed by atoms with Crippen LogP contribution in [0.3, 0.4) is 0 Å². The second-order valence-electron chi connectivity index (χ2n) is 7.53. The van der Waals surface area contributed by atoms with E-state index in [1.54, 1.807) is 18.2 Å². The molecule has 10 heteroatoms. The van der Waals surface area contributed by atoms with Gasteiger partial charge in [-0.1, -0.05) is 0 Å². The Hall–Kier alpha value is -3.40. The molecule has 4 heterocycles. The Bertz CT molecular complexity index is 1080. The SMILES string of the molecule is COC1CCC(N2C(=O)CNc3ncc(-c4ccc(-c5ncn[nH]5)nc4C)nc32)C1. The number of aromatic amines is 1. The highest BCUT2D eigenvalue weighted by Gasteiger charge is 2.37. The van der Waals surface area contributed by atoms with E-state index < -0.39 is 0 Å². The van der Waals surface area contributed by atoms with Crippen LogP contribution < -0.4 is 10.2 Å². The van der Waals surface area contributed by atoms with Gasteiger partial charge >= 0.3 is 0 Å². The van der Waals surface area contributed by atoms with Gasteiger partial charge in [-0.15, -0.1) is 0 Å². The minimum atomic E-state index is 0.00576. The number of nitrogens with zero attached hydrogens (tertiary/aromatic N) is 6. The summed E-state index contributed by atoms with van der Waals surface area (Å²) in [7, 11) is 1.72. The fourth-order valence-corrected chi connectivity index (χ4v) is 4.20. The van der Waals surface area contributed by atoms with Gasteiger partial charge in [0.05, 0.1) is 24.5 Å². The van der Waals surface area contributed by atoms with E-state index in [1.807, 2.05) is 19.1 Å². The van der Waals surface area contributed by atoms with Crippen molar-refractivity contribution in [3.05, 3.63) is 30.4 Å². The predicted octanol–water partition coefficient (Wildman–Crippen LogP) is 1.96. The van der Waals surface area contributed by atoms with Gasteiger partial charge in [0.2, 0.25) is 5.91 Å². The van der Waals surface area contributed by atoms with Crippen LogP contribution in [0.5, 0.6) is 0 Å². The first-order valence-corrected chi connectivity index (χ1v) is 9.93. The number of ether oxygens (including phenoxy) is 1. The van der Waals surface area contributed by atoms with E-state index in [1.165, 1.54) is 6.33 Å². The molecule has 10 nitrogen and oxygen atoms in total. The molecule has 0 bridgehead atoms. The van der Waals surface area contributed by atoms with Crippen molar-refractivity contribution in [2.24, 2.45) is 0 Å². The summed E-state index contributed by atoms with van der Waals surface area (Å²) in [6.45, 7) is 2.14. The maximum absolute atomic E-state index is 12.8. The Kier molecular flexibility index (Phi) is 4.62. The number of methoxy groups -OCH3 is 1. The van der Waals surface area contributed by atoms with Gasteiger partial charge in [0.25, 0.3) is 0 Å². The number of anilines is 2. The van der Waals surface area contributed by atoms with Crippen LogP contribution in [-0.4, -0.2) is 61.8 Å². The second-order valence-corrected chi connectivity index (χ2v) is 7.53. The molecule has 1 saturated carbocycles. The number of aryl methyl sites for hydroxylation is 1. The molecule has 3 aromatic rings. The molecule has 0 radical (unpaired) electrons. The number of fused-ring (bicyclic) bond motifs is 1. The third kappa shape index (κ3) is 3.18. The minimum absolute atomic E-state index is 0.00576. The monoisotopic (exact) mass is 406 g/mol. The molecular formula is C20H22N8O2. The molecule has 1 amide bonds. The summed E-state index contributed by atoms with van der Waals surface area (Å²) in [5, 5.41) is 9.77. The van der Waals surface area contributed by atoms with Gasteiger partial charge in [-0.25, -0.2) is 19.9 Å². The number of aromatic nitrogens is 6. The van der Waals surface area contributed by atoms with E-state index in [0.717, 1.165) is 30.5 Å². The Balaban J connectivity index is 1.51. The Morgan fingerprint density at radius 3 is 2.80 bits per heavy atom. The van der Waals surface area contributed by atoms with Crippen molar-refractivity contribution in [3.63, 3.8) is 0 Å². The Morgan fingerprint density at radius 2 is 2.07 bits per heavy atom. The average Bonchev–Trinajstić information content (AvgIpc) is 3.45. The zero-order valence-corrected chi connectivity index (χ0v) is 16.8. The number of H-pyrrole nitrogens is 1. The van der Waals surface area contributed by atoms with E-state index in [-0.39, 0.29) is 24.6 Å². The number of rotatable bonds is 4. The molecule has 0 spiro atoms. The van der Waals surface area contributed by atoms with Crippen LogP contribution in [0, 0.1) is 6.92 Å². The van der Waals surface area contributed by atoms with E-state index in [4.69, 9.17) is 9.72 Å². The number of amides is 1. The van der Waals surface area contributed by atoms with Crippen LogP contribution in [0.1, 0.15) is 25.0 Å². The third-order valence-corrected chi connectivity index (χ3v) is 5.73. The maximum atomic E-state index is 12.8. The first-order chi connectivity index (χ1) is 14.6. The normalized spacial score (nSPS) is 20.9. The van der Waals surface area contributed by atoms with Crippen LogP contribution in [0.15, 0.2) is 24.7 Å². The predicted molar refractivity (Wildman–Crippen MR) is 110 cm³/mol. The van der Waals surface area contributed by atoms with Gasteiger partial charge in [0.1, 0.15) is 12.0 Å². The summed E-state index contributed by atoms with van der Waals surface area (Å²) in [5.74, 6) is 1.81. The lowest BCUT2D eigenvalue weighted by atomic mass is 10.1. The number of hydrogen-bond donors (Lipinski definition) is 2. The molecule has 2 atom stereocenters. The highest BCUT2D eigenvalue weighted by Crippen LogP contribution is 2.35. The van der Waals surface area contributed by atoms with E-state index in [0.29, 0.717) is 28.8 Å². The zero-order valence-electron chi connectivity index (χ0n) is 16.8. The fraction of sp³-hybridized carbons (Fsp3) is 0.400. The zero-order chi connectivity index (χ0) is 20.7. The van der Waals surface area contributed by atoms with Gasteiger partial charge in [-0.2, -0.15) is 5.10 Å². The topological polar surface area (TPSA) is 122 Å². The van der Waals surface area contributed by atoms with Gasteiger partial charge in [-0.05, 0) is 38.3 Å². The molecule has 154 valence electrons. The van der Waals surface area contributed by atoms with Crippen LogP contribution >= 0.6 is 0 Å². The first-order valence-electron chi connectivity index (χ1n) is 9.93. The molecule has 0 aromatic carbocycles. The molecular weight excluding hydrogens is 384 g/mol. The molecule has 2 N–H and O–H groups in total. The molecule has 5 rings (SSSR count). The molecule has 0 saturated heterocycles. The minimum Gasteiger partial charge on any atom is -0.381 e. The van der Waals surface area contributed by atoms with Crippen molar-refractivity contribution in [1.29, 1.82) is 0 Å². The van der Waals surface area contributed by atoms with E-state index >= 15 is 0 Å². The number of nitrogens with one attached hydrogen (secondary N) is 2. The summed E-state index contributed by atoms with van der Waals surface area (Å²) < 4.78 is 5.50. The van der Waals surface area contributed by atoms with Crippen LogP contribution in [0.25, 0.3) is 22.8 Å². The third-order valence-electron chi connectivity index (χ3n) is 5.73. The first kappa shape index (κ1) is 18.6. The molecule has 1 aliphatic carbocycles. The standard InChI is InChI=1S/C20H22N8O2/c1-11-14(5-6-15(25-11)18-23-10-24-27-18)16-8-21-19-20(26-16)28(17(29)9-22-19)12-3-4-13(7-12)30-2/h5-6,8,10,12-13H,3-4,7,9H2,1-2H3,(H,21,22)(H,23,24,27). The molecule has 30 heavy (non-hydrogen) atoms. The van der Waals surface area contributed by atoms with Crippen molar-refractivity contribution in [2.75, 3.05) is 23.9 Å². The van der Waals surface area contributed by atoms with Gasteiger partial charge in [-0.3, -0.25) is 14.8 Å². The van der Waals surface area contributed by atoms with Crippen molar-refractivity contribution in [1.82, 2.24) is 30.1 Å². The van der Waals surface area contributed by atoms with Crippen molar-refractivity contribution in [3.8, 4) is 22.8 Å². The molecule has 2 unspecified atom stereocenters. The lowest BCUT2D eigenvalue weighted by Gasteiger charge is -2.33. The largest absolute Gasteiger partial charge is 0.381 e. The molecule has 1 fully saturated rings. The van der Waals surface area contributed by atoms with E-state index in [2.05, 4.69) is 30.5 Å². The summed E-state index contributed by atoms with van der Waals surface area (Å²) in [6.07, 6.45) is 5.97. The smallest absolute Gasteiger partial charge is 0.247 e. The fourth-order valence-electron chi connectivity index (χ4n) is 4.20. The number of carbonyl (C=O) groups excluding carboxylic acids is 1. The van der Waals surface area contributed by atoms with Crippen LogP contribution in [-0.2, 0) is 9.53 Å². The Labute approximate surface area is 173 Å². The average molecular weight is 406 g/mol. The highest BCUT2D eigenvalue weighted by atomic mass is 16.5. The van der Waals surface area contributed by atoms with E-state index in [9.17, 15) is 4.79 Å². The molecule has 1 aliphatic heterocycles. The van der Waals surface area contributed by atoms with Gasteiger partial charge in [0.15, 0.2) is 17.5 Å². The lowest BCUT2D eigenvalue weighted by Crippen LogP contribution is -2.46. The summed E-state index contributed by atoms with van der Waals surface area (Å²) in [6, 6.07) is 3.88. The lowest BCUT2D eigenvalue weighted by molar-refractivity contribution is -0.117. The van der Waals surface area contributed by atoms with Gasteiger partial charge in [0, 0.05) is 24.4 Å². The van der Waals surface area contributed by atoms with Crippen molar-refractivity contribution in [2.45, 2.75) is 38.3 Å². The molecule has 3 aromatic heterocycles. The van der Waals surface area contributed by atoms with Crippen LogP contribution in [0.4, 0.5) is 11.6 Å². The van der Waals surface area contributed by atoms with Crippen molar-refractivity contribution < 1.29 is 9.53 Å². The van der Waals surface area contributed by atoms with Crippen LogP contribution in [0.2, 0.25) is 0 Å². The number of hydrogen-bond acceptors (Lipinski definition) is 8. The second kappa shape index (κ2) is 7.45.